The number of carbonyl (C=O) groups excluding carboxylic acids is 2. The second-order valence-electron chi connectivity index (χ2n) is 6.05. The molecule has 0 bridgehead atoms. The summed E-state index contributed by atoms with van der Waals surface area (Å²) in [4.78, 5) is 36.4. The lowest BCUT2D eigenvalue weighted by atomic mass is 9.93. The number of nitro groups is 1. The van der Waals surface area contributed by atoms with Gasteiger partial charge in [-0.15, -0.1) is 0 Å². The van der Waals surface area contributed by atoms with Crippen LogP contribution in [0.4, 0.5) is 5.69 Å². The Balaban J connectivity index is 2.24. The molecule has 2 rings (SSSR count). The summed E-state index contributed by atoms with van der Waals surface area (Å²) in [5.74, 6) is -0.740. The topological polar surface area (TPSA) is 107 Å². The summed E-state index contributed by atoms with van der Waals surface area (Å²) in [6.07, 6.45) is 2.86. The minimum atomic E-state index is -0.925. The smallest absolute Gasteiger partial charge is 0.272 e. The standard InChI is InChI=1S/C16H21N3O4/c1-11-12(6-5-7-13(11)19(22)23)10-14(20)18(2)16(15(17)21)8-3-4-9-16/h5-7H,3-4,8-10H2,1-2H3,(H2,17,21). The zero-order valence-electron chi connectivity index (χ0n) is 13.4. The third-order valence-corrected chi connectivity index (χ3v) is 4.86. The molecule has 1 aromatic rings. The van der Waals surface area contributed by atoms with Crippen molar-refractivity contribution in [2.24, 2.45) is 5.73 Å². The van der Waals surface area contributed by atoms with E-state index in [1.165, 1.54) is 11.0 Å². The van der Waals surface area contributed by atoms with Gasteiger partial charge < -0.3 is 10.6 Å². The highest BCUT2D eigenvalue weighted by molar-refractivity contribution is 5.91. The Bertz CT molecular complexity index is 651. The van der Waals surface area contributed by atoms with Crippen molar-refractivity contribution in [2.75, 3.05) is 7.05 Å². The third kappa shape index (κ3) is 3.04. The molecule has 0 heterocycles. The van der Waals surface area contributed by atoms with Gasteiger partial charge in [0.15, 0.2) is 0 Å². The second kappa shape index (κ2) is 6.36. The Morgan fingerprint density at radius 2 is 1.96 bits per heavy atom. The Morgan fingerprint density at radius 1 is 1.35 bits per heavy atom. The number of nitrogens with two attached hydrogens (primary N) is 1. The van der Waals surface area contributed by atoms with Crippen LogP contribution < -0.4 is 5.73 Å². The number of amides is 2. The van der Waals surface area contributed by atoms with Gasteiger partial charge in [-0.2, -0.15) is 0 Å². The van der Waals surface area contributed by atoms with Gasteiger partial charge >= 0.3 is 0 Å². The van der Waals surface area contributed by atoms with Crippen molar-refractivity contribution in [1.29, 1.82) is 0 Å². The zero-order valence-corrected chi connectivity index (χ0v) is 13.4. The number of hydrogen-bond donors (Lipinski definition) is 1. The van der Waals surface area contributed by atoms with Crippen LogP contribution in [-0.4, -0.2) is 34.2 Å². The summed E-state index contributed by atoms with van der Waals surface area (Å²) >= 11 is 0. The number of likely N-dealkylation sites (N-methyl/N-ethyl adjacent to an activating group) is 1. The zero-order chi connectivity index (χ0) is 17.2. The molecule has 0 radical (unpaired) electrons. The van der Waals surface area contributed by atoms with Gasteiger partial charge in [0.2, 0.25) is 11.8 Å². The summed E-state index contributed by atoms with van der Waals surface area (Å²) in [5, 5.41) is 11.0. The number of rotatable bonds is 5. The molecule has 0 aliphatic heterocycles. The lowest BCUT2D eigenvalue weighted by molar-refractivity contribution is -0.385. The number of nitro benzene ring substituents is 1. The monoisotopic (exact) mass is 319 g/mol. The molecule has 1 saturated carbocycles. The molecule has 0 atom stereocenters. The first kappa shape index (κ1) is 16.9. The highest BCUT2D eigenvalue weighted by atomic mass is 16.6. The van der Waals surface area contributed by atoms with Gasteiger partial charge in [-0.1, -0.05) is 25.0 Å². The van der Waals surface area contributed by atoms with E-state index in [0.29, 0.717) is 24.0 Å². The van der Waals surface area contributed by atoms with E-state index in [0.717, 1.165) is 12.8 Å². The highest BCUT2D eigenvalue weighted by Gasteiger charge is 2.45. The van der Waals surface area contributed by atoms with Crippen LogP contribution >= 0.6 is 0 Å². The van der Waals surface area contributed by atoms with Gasteiger partial charge in [0.05, 0.1) is 11.3 Å². The van der Waals surface area contributed by atoms with Crippen LogP contribution in [0.2, 0.25) is 0 Å². The van der Waals surface area contributed by atoms with Crippen molar-refractivity contribution in [2.45, 2.75) is 44.6 Å². The van der Waals surface area contributed by atoms with Crippen molar-refractivity contribution in [1.82, 2.24) is 4.90 Å². The molecule has 7 heteroatoms. The molecule has 1 aliphatic carbocycles. The van der Waals surface area contributed by atoms with E-state index in [1.807, 2.05) is 0 Å². The Kier molecular flexibility index (Phi) is 4.68. The molecule has 0 aromatic heterocycles. The van der Waals surface area contributed by atoms with Crippen LogP contribution in [0, 0.1) is 17.0 Å². The Labute approximate surface area is 134 Å². The minimum absolute atomic E-state index is 0.0107. The van der Waals surface area contributed by atoms with Crippen molar-refractivity contribution < 1.29 is 14.5 Å². The van der Waals surface area contributed by atoms with E-state index >= 15 is 0 Å². The first-order chi connectivity index (χ1) is 10.8. The van der Waals surface area contributed by atoms with E-state index in [9.17, 15) is 19.7 Å². The minimum Gasteiger partial charge on any atom is -0.368 e. The Morgan fingerprint density at radius 3 is 2.48 bits per heavy atom. The molecule has 124 valence electrons. The molecule has 1 fully saturated rings. The molecule has 0 spiro atoms. The first-order valence-corrected chi connectivity index (χ1v) is 7.59. The maximum Gasteiger partial charge on any atom is 0.272 e. The van der Waals surface area contributed by atoms with Gasteiger partial charge in [-0.25, -0.2) is 0 Å². The predicted octanol–water partition coefficient (Wildman–Crippen LogP) is 1.70. The molecule has 2 amide bonds. The van der Waals surface area contributed by atoms with E-state index < -0.39 is 16.4 Å². The van der Waals surface area contributed by atoms with Crippen LogP contribution in [-0.2, 0) is 16.0 Å². The third-order valence-electron chi connectivity index (χ3n) is 4.86. The molecule has 1 aliphatic rings. The van der Waals surface area contributed by atoms with Gasteiger partial charge in [-0.05, 0) is 25.3 Å². The van der Waals surface area contributed by atoms with Crippen LogP contribution in [0.5, 0.6) is 0 Å². The van der Waals surface area contributed by atoms with Crippen molar-refractivity contribution in [3.05, 3.63) is 39.4 Å². The molecule has 0 saturated heterocycles. The van der Waals surface area contributed by atoms with Crippen LogP contribution in [0.25, 0.3) is 0 Å². The summed E-state index contributed by atoms with van der Waals surface area (Å²) in [7, 11) is 1.59. The summed E-state index contributed by atoms with van der Waals surface area (Å²) in [5.41, 5.74) is 5.66. The van der Waals surface area contributed by atoms with Gasteiger partial charge in [0, 0.05) is 18.7 Å². The Hall–Kier alpha value is -2.44. The van der Waals surface area contributed by atoms with E-state index in [1.54, 1.807) is 26.1 Å². The summed E-state index contributed by atoms with van der Waals surface area (Å²) in [6.45, 7) is 1.63. The summed E-state index contributed by atoms with van der Waals surface area (Å²) in [6, 6.07) is 4.67. The van der Waals surface area contributed by atoms with E-state index in [-0.39, 0.29) is 18.0 Å². The fraction of sp³-hybridized carbons (Fsp3) is 0.500. The first-order valence-electron chi connectivity index (χ1n) is 7.59. The number of hydrogen-bond acceptors (Lipinski definition) is 4. The van der Waals surface area contributed by atoms with Gasteiger partial charge in [-0.3, -0.25) is 19.7 Å². The fourth-order valence-corrected chi connectivity index (χ4v) is 3.29. The van der Waals surface area contributed by atoms with Gasteiger partial charge in [0.25, 0.3) is 5.69 Å². The number of primary amides is 1. The van der Waals surface area contributed by atoms with Crippen molar-refractivity contribution in [3.63, 3.8) is 0 Å². The highest BCUT2D eigenvalue weighted by Crippen LogP contribution is 2.35. The average Bonchev–Trinajstić information content (AvgIpc) is 2.99. The lowest BCUT2D eigenvalue weighted by Crippen LogP contribution is -2.56. The largest absolute Gasteiger partial charge is 0.368 e. The van der Waals surface area contributed by atoms with E-state index in [4.69, 9.17) is 5.73 Å². The number of carbonyl (C=O) groups is 2. The molecule has 7 nitrogen and oxygen atoms in total. The van der Waals surface area contributed by atoms with Gasteiger partial charge in [0.1, 0.15) is 5.54 Å². The number of nitrogens with zero attached hydrogens (tertiary/aromatic N) is 2. The molecular weight excluding hydrogens is 298 g/mol. The SMILES string of the molecule is Cc1c(CC(=O)N(C)C2(C(N)=O)CCCC2)cccc1[N+](=O)[O-]. The van der Waals surface area contributed by atoms with Crippen LogP contribution in [0.15, 0.2) is 18.2 Å². The van der Waals surface area contributed by atoms with Crippen LogP contribution in [0.3, 0.4) is 0 Å². The van der Waals surface area contributed by atoms with Crippen LogP contribution in [0.1, 0.15) is 36.8 Å². The normalized spacial score (nSPS) is 16.1. The number of benzene rings is 1. The van der Waals surface area contributed by atoms with E-state index in [2.05, 4.69) is 0 Å². The maximum absolute atomic E-state index is 12.6. The predicted molar refractivity (Wildman–Crippen MR) is 84.7 cm³/mol. The molecule has 0 unspecified atom stereocenters. The quantitative estimate of drug-likeness (QED) is 0.658. The lowest BCUT2D eigenvalue weighted by Gasteiger charge is -2.36. The molecular formula is C16H21N3O4. The van der Waals surface area contributed by atoms with Crippen molar-refractivity contribution in [3.8, 4) is 0 Å². The molecule has 2 N–H and O–H groups in total. The summed E-state index contributed by atoms with van der Waals surface area (Å²) < 4.78 is 0. The maximum atomic E-state index is 12.6. The fourth-order valence-electron chi connectivity index (χ4n) is 3.29. The molecule has 23 heavy (non-hydrogen) atoms. The van der Waals surface area contributed by atoms with Crippen molar-refractivity contribution >= 4 is 17.5 Å². The second-order valence-corrected chi connectivity index (χ2v) is 6.05. The molecule has 1 aromatic carbocycles. The average molecular weight is 319 g/mol.